The molecule has 0 amide bonds. The number of hydrogen-bond acceptors (Lipinski definition) is 0. The maximum absolute atomic E-state index is 16.2. The Morgan fingerprint density at radius 1 is 0.526 bits per heavy atom. The number of nitrogens with zero attached hydrogens (tertiary/aromatic N) is 1. The third-order valence-electron chi connectivity index (χ3n) is 7.53. The van der Waals surface area contributed by atoms with E-state index in [1.807, 2.05) is 36.4 Å². The molecule has 0 aliphatic rings. The van der Waals surface area contributed by atoms with Gasteiger partial charge in [-0.2, -0.15) is 0 Å². The van der Waals surface area contributed by atoms with Crippen molar-refractivity contribution < 1.29 is 11.7 Å². The van der Waals surface area contributed by atoms with Gasteiger partial charge in [-0.15, -0.1) is 0 Å². The van der Waals surface area contributed by atoms with E-state index >= 15 is 2.87 Å². The van der Waals surface area contributed by atoms with Crippen molar-refractivity contribution in [2.24, 2.45) is 0 Å². The summed E-state index contributed by atoms with van der Waals surface area (Å²) < 4.78 is 33.4. The first kappa shape index (κ1) is 32.5. The van der Waals surface area contributed by atoms with Gasteiger partial charge in [0.05, 0.1) is 26.2 Å². The molecule has 3 aromatic rings. The Kier molecular flexibility index (Phi) is 15.2. The molecule has 0 aromatic heterocycles. The first-order valence-corrected chi connectivity index (χ1v) is 20.2. The minimum absolute atomic E-state index is 0.240. The third-order valence-corrected chi connectivity index (χ3v) is 17.3. The van der Waals surface area contributed by atoms with Crippen molar-refractivity contribution in [2.45, 2.75) is 79.1 Å². The molecule has 3 aromatic carbocycles. The van der Waals surface area contributed by atoms with E-state index < -0.39 is 24.8 Å². The van der Waals surface area contributed by atoms with Crippen LogP contribution in [0.2, 0.25) is 0 Å². The zero-order valence-corrected chi connectivity index (χ0v) is 27.1. The number of unbranched alkanes of at least 4 members (excludes halogenated alkanes) is 4. The van der Waals surface area contributed by atoms with Crippen molar-refractivity contribution >= 4 is 29.7 Å². The maximum atomic E-state index is 16.2. The fourth-order valence-electron chi connectivity index (χ4n) is 5.20. The predicted molar refractivity (Wildman–Crippen MR) is 164 cm³/mol. The van der Waals surface area contributed by atoms with Gasteiger partial charge in [-0.1, -0.05) is 53.4 Å². The van der Waals surface area contributed by atoms with Gasteiger partial charge in [-0.3, -0.25) is 0 Å². The molecule has 0 radical (unpaired) electrons. The Balaban J connectivity index is 0.000000275. The van der Waals surface area contributed by atoms with E-state index in [4.69, 9.17) is 0 Å². The van der Waals surface area contributed by atoms with Crippen LogP contribution in [-0.4, -0.2) is 49.6 Å². The second-order valence-electron chi connectivity index (χ2n) is 10.5. The number of halogens is 2. The molecule has 0 atom stereocenters. The molecule has 0 bridgehead atoms. The van der Waals surface area contributed by atoms with Crippen molar-refractivity contribution in [3.05, 3.63) is 90.7 Å². The Labute approximate surface area is 236 Å². The fourth-order valence-corrected chi connectivity index (χ4v) is 13.8. The molecule has 38 heavy (non-hydrogen) atoms. The van der Waals surface area contributed by atoms with Gasteiger partial charge in [0.15, 0.2) is 0 Å². The van der Waals surface area contributed by atoms with E-state index in [0.717, 1.165) is 0 Å². The summed E-state index contributed by atoms with van der Waals surface area (Å²) in [4.78, 5) is 0. The molecule has 0 heterocycles. The van der Waals surface area contributed by atoms with Crippen molar-refractivity contribution in [3.8, 4) is 0 Å². The average Bonchev–Trinajstić information content (AvgIpc) is 2.97. The average molecular weight is 629 g/mol. The van der Waals surface area contributed by atoms with E-state index in [-0.39, 0.29) is 3.58 Å². The molecule has 0 N–H and O–H groups in total. The van der Waals surface area contributed by atoms with Crippen molar-refractivity contribution in [2.75, 3.05) is 26.2 Å². The summed E-state index contributed by atoms with van der Waals surface area (Å²) in [7, 11) is 0. The van der Waals surface area contributed by atoms with Crippen LogP contribution < -0.4 is 10.7 Å². The molecule has 1 nitrogen and oxygen atoms in total. The monoisotopic (exact) mass is 630 g/mol. The van der Waals surface area contributed by atoms with Crippen LogP contribution in [0.5, 0.6) is 0 Å². The van der Waals surface area contributed by atoms with E-state index in [2.05, 4.69) is 27.7 Å². The van der Waals surface area contributed by atoms with Gasteiger partial charge in [0.2, 0.25) is 0 Å². The van der Waals surface area contributed by atoms with Crippen LogP contribution in [0.15, 0.2) is 84.9 Å². The molecule has 208 valence electrons. The Hall–Kier alpha value is -1.72. The molecule has 0 aliphatic carbocycles. The summed E-state index contributed by atoms with van der Waals surface area (Å²) in [6, 6.07) is 24.3. The van der Waals surface area contributed by atoms with Gasteiger partial charge in [-0.25, -0.2) is 0 Å². The summed E-state index contributed by atoms with van der Waals surface area (Å²) in [5.41, 5.74) is 0. The SMILES string of the molecule is CCCC[N+](CCCC)(CCCC)CCCC.Fc1cccc[c]1[Sn]([F])([c]1ccccc1)[c]1ccccc1. The summed E-state index contributed by atoms with van der Waals surface area (Å²) in [5.74, 6) is -0.455. The van der Waals surface area contributed by atoms with Gasteiger partial charge >= 0.3 is 128 Å². The van der Waals surface area contributed by atoms with Gasteiger partial charge in [0.1, 0.15) is 0 Å². The molecule has 0 unspecified atom stereocenters. The summed E-state index contributed by atoms with van der Waals surface area (Å²) in [6.45, 7) is 15.0. The van der Waals surface area contributed by atoms with Crippen LogP contribution >= 0.6 is 0 Å². The normalized spacial score (nSPS) is 11.6. The minimum atomic E-state index is -4.71. The van der Waals surface area contributed by atoms with Crippen LogP contribution in [0.4, 0.5) is 7.26 Å². The standard InChI is InChI=1S/C16H36N.C6H4F.2C6H5.FH.Sn/c1-5-9-13-17(14-10-6-2,15-11-7-3)16-12-8-4;7-6-4-2-1-3-5-6;2*1-2-4-6-5-3-1;;/h5-16H2,1-4H3;1-4H;2*1-5H;1H;/q+1;;;;;+1/p-1. The van der Waals surface area contributed by atoms with Gasteiger partial charge in [0.25, 0.3) is 0 Å². The molecule has 0 saturated carbocycles. The van der Waals surface area contributed by atoms with E-state index in [0.29, 0.717) is 7.16 Å². The number of benzene rings is 3. The Morgan fingerprint density at radius 2 is 0.868 bits per heavy atom. The van der Waals surface area contributed by atoms with Crippen LogP contribution in [0.1, 0.15) is 79.1 Å². The number of rotatable bonds is 15. The van der Waals surface area contributed by atoms with Crippen LogP contribution in [0.25, 0.3) is 0 Å². The van der Waals surface area contributed by atoms with Gasteiger partial charge < -0.3 is 4.48 Å². The molecular weight excluding hydrogens is 579 g/mol. The molecule has 0 fully saturated rings. The second-order valence-corrected chi connectivity index (χ2v) is 19.1. The Bertz CT molecular complexity index is 932. The van der Waals surface area contributed by atoms with Crippen molar-refractivity contribution in [1.82, 2.24) is 0 Å². The third kappa shape index (κ3) is 9.48. The van der Waals surface area contributed by atoms with Gasteiger partial charge in [-0.05, 0) is 25.7 Å². The Morgan fingerprint density at radius 3 is 1.21 bits per heavy atom. The quantitative estimate of drug-likeness (QED) is 0.119. The van der Waals surface area contributed by atoms with Crippen LogP contribution in [0.3, 0.4) is 0 Å². The van der Waals surface area contributed by atoms with E-state index in [1.54, 1.807) is 42.5 Å². The molecule has 0 saturated heterocycles. The van der Waals surface area contributed by atoms with Gasteiger partial charge in [0, 0.05) is 0 Å². The van der Waals surface area contributed by atoms with E-state index in [9.17, 15) is 4.39 Å². The van der Waals surface area contributed by atoms with Crippen LogP contribution in [0, 0.1) is 5.82 Å². The second kappa shape index (κ2) is 17.8. The molecule has 0 aliphatic heterocycles. The van der Waals surface area contributed by atoms with E-state index in [1.165, 1.54) is 88.1 Å². The zero-order valence-electron chi connectivity index (χ0n) is 24.3. The van der Waals surface area contributed by atoms with Crippen molar-refractivity contribution in [3.63, 3.8) is 0 Å². The fraction of sp³-hybridized carbons (Fsp3) is 0.471. The molecule has 3 rings (SSSR count). The molecular formula is C34H50F2NSn+. The first-order chi connectivity index (χ1) is 18.5. The molecule has 4 heteroatoms. The first-order valence-electron chi connectivity index (χ1n) is 14.9. The summed E-state index contributed by atoms with van der Waals surface area (Å²) >= 11 is -4.71. The predicted octanol–water partition coefficient (Wildman–Crippen LogP) is 7.77. The van der Waals surface area contributed by atoms with Crippen molar-refractivity contribution in [1.29, 1.82) is 0 Å². The zero-order chi connectivity index (χ0) is 27.7. The number of quaternary nitrogens is 1. The molecule has 0 spiro atoms. The van der Waals surface area contributed by atoms with Crippen LogP contribution in [-0.2, 0) is 0 Å². The summed E-state index contributed by atoms with van der Waals surface area (Å²) in [5, 5.41) is 0. The summed E-state index contributed by atoms with van der Waals surface area (Å²) in [6.07, 6.45) is 11.1. The topological polar surface area (TPSA) is 0 Å². The number of hydrogen-bond donors (Lipinski definition) is 0.